The number of hydrogen-bond donors (Lipinski definition) is 1. The molecule has 0 unspecified atom stereocenters. The van der Waals surface area contributed by atoms with Crippen LogP contribution >= 0.6 is 0 Å². The van der Waals surface area contributed by atoms with E-state index >= 15 is 0 Å². The minimum absolute atomic E-state index is 0.342. The predicted molar refractivity (Wildman–Crippen MR) is 105 cm³/mol. The Morgan fingerprint density at radius 2 is 1.81 bits per heavy atom. The summed E-state index contributed by atoms with van der Waals surface area (Å²) in [4.78, 5) is 12.5. The van der Waals surface area contributed by atoms with Crippen molar-refractivity contribution in [2.45, 2.75) is 13.0 Å². The molecule has 0 fully saturated rings. The highest BCUT2D eigenvalue weighted by atomic mass is 32.2. The molecule has 2 rings (SSSR count). The summed E-state index contributed by atoms with van der Waals surface area (Å²) in [7, 11) is -0.610. The molecule has 2 aromatic rings. The SMILES string of the molecule is COc1cccc(N(CC(=O)N[C@@H](C)c2ccccc2OC)S(C)(=O)=O)c1. The number of carbonyl (C=O) groups excluding carboxylic acids is 1. The maximum Gasteiger partial charge on any atom is 0.241 e. The van der Waals surface area contributed by atoms with Crippen molar-refractivity contribution < 1.29 is 22.7 Å². The minimum atomic E-state index is -3.66. The second-order valence-corrected chi connectivity index (χ2v) is 7.91. The second-order valence-electron chi connectivity index (χ2n) is 6.00. The summed E-state index contributed by atoms with van der Waals surface area (Å²) < 4.78 is 35.9. The first-order valence-electron chi connectivity index (χ1n) is 8.30. The molecule has 0 saturated carbocycles. The molecule has 0 aliphatic heterocycles. The lowest BCUT2D eigenvalue weighted by Gasteiger charge is -2.24. The van der Waals surface area contributed by atoms with Gasteiger partial charge < -0.3 is 14.8 Å². The number of carbonyl (C=O) groups is 1. The molecule has 0 radical (unpaired) electrons. The molecule has 7 nitrogen and oxygen atoms in total. The summed E-state index contributed by atoms with van der Waals surface area (Å²) in [6.45, 7) is 1.47. The highest BCUT2D eigenvalue weighted by molar-refractivity contribution is 7.92. The first-order chi connectivity index (χ1) is 12.8. The fourth-order valence-corrected chi connectivity index (χ4v) is 3.53. The molecule has 146 valence electrons. The summed E-state index contributed by atoms with van der Waals surface area (Å²) in [5.41, 5.74) is 1.16. The van der Waals surface area contributed by atoms with Crippen LogP contribution < -0.4 is 19.1 Å². The van der Waals surface area contributed by atoms with Gasteiger partial charge in [0.1, 0.15) is 18.0 Å². The zero-order chi connectivity index (χ0) is 20.0. The second kappa shape index (κ2) is 8.77. The van der Waals surface area contributed by atoms with Crippen LogP contribution in [-0.4, -0.2) is 41.3 Å². The van der Waals surface area contributed by atoms with Gasteiger partial charge in [0.05, 0.1) is 32.2 Å². The number of nitrogens with one attached hydrogen (secondary N) is 1. The van der Waals surface area contributed by atoms with E-state index < -0.39 is 15.9 Å². The maximum atomic E-state index is 12.5. The van der Waals surface area contributed by atoms with Gasteiger partial charge in [-0.25, -0.2) is 8.42 Å². The number of amides is 1. The van der Waals surface area contributed by atoms with Crippen molar-refractivity contribution in [1.82, 2.24) is 5.32 Å². The molecule has 27 heavy (non-hydrogen) atoms. The van der Waals surface area contributed by atoms with Crippen LogP contribution in [0.15, 0.2) is 48.5 Å². The molecule has 0 bridgehead atoms. The number of hydrogen-bond acceptors (Lipinski definition) is 5. The van der Waals surface area contributed by atoms with E-state index in [0.717, 1.165) is 16.1 Å². The van der Waals surface area contributed by atoms with Gasteiger partial charge in [0.15, 0.2) is 0 Å². The number of rotatable bonds is 8. The lowest BCUT2D eigenvalue weighted by Crippen LogP contribution is -2.41. The van der Waals surface area contributed by atoms with Crippen LogP contribution in [0.1, 0.15) is 18.5 Å². The Balaban J connectivity index is 2.19. The predicted octanol–water partition coefficient (Wildman–Crippen LogP) is 2.35. The van der Waals surface area contributed by atoms with E-state index in [-0.39, 0.29) is 12.6 Å². The Labute approximate surface area is 160 Å². The first-order valence-corrected chi connectivity index (χ1v) is 10.1. The Morgan fingerprint density at radius 1 is 1.11 bits per heavy atom. The zero-order valence-corrected chi connectivity index (χ0v) is 16.6. The minimum Gasteiger partial charge on any atom is -0.497 e. The first kappa shape index (κ1) is 20.6. The van der Waals surface area contributed by atoms with Gasteiger partial charge in [-0.15, -0.1) is 0 Å². The summed E-state index contributed by atoms with van der Waals surface area (Å²) in [5, 5.41) is 2.82. The number of ether oxygens (including phenoxy) is 2. The van der Waals surface area contributed by atoms with Gasteiger partial charge in [-0.05, 0) is 25.1 Å². The molecule has 0 spiro atoms. The summed E-state index contributed by atoms with van der Waals surface area (Å²) >= 11 is 0. The quantitative estimate of drug-likeness (QED) is 0.745. The Hall–Kier alpha value is -2.74. The van der Waals surface area contributed by atoms with E-state index in [4.69, 9.17) is 9.47 Å². The largest absolute Gasteiger partial charge is 0.497 e. The van der Waals surface area contributed by atoms with E-state index in [1.165, 1.54) is 7.11 Å². The number of para-hydroxylation sites is 1. The van der Waals surface area contributed by atoms with Gasteiger partial charge in [0, 0.05) is 11.6 Å². The lowest BCUT2D eigenvalue weighted by atomic mass is 10.1. The average molecular weight is 392 g/mol. The molecule has 0 aromatic heterocycles. The fourth-order valence-electron chi connectivity index (χ4n) is 2.69. The molecule has 1 atom stereocenters. The third-order valence-corrected chi connectivity index (χ3v) is 5.15. The van der Waals surface area contributed by atoms with E-state index in [0.29, 0.717) is 17.2 Å². The topological polar surface area (TPSA) is 84.9 Å². The van der Waals surface area contributed by atoms with Crippen LogP contribution in [0.4, 0.5) is 5.69 Å². The van der Waals surface area contributed by atoms with Crippen LogP contribution in [0.25, 0.3) is 0 Å². The normalized spacial score (nSPS) is 12.1. The van der Waals surface area contributed by atoms with E-state index in [1.807, 2.05) is 25.1 Å². The summed E-state index contributed by atoms with van der Waals surface area (Å²) in [6.07, 6.45) is 1.06. The monoisotopic (exact) mass is 392 g/mol. The molecular weight excluding hydrogens is 368 g/mol. The number of sulfonamides is 1. The van der Waals surface area contributed by atoms with Crippen LogP contribution in [-0.2, 0) is 14.8 Å². The summed E-state index contributed by atoms with van der Waals surface area (Å²) in [6, 6.07) is 13.5. The molecule has 0 heterocycles. The fraction of sp³-hybridized carbons (Fsp3) is 0.316. The molecule has 0 aliphatic rings. The number of anilines is 1. The Kier molecular flexibility index (Phi) is 6.68. The van der Waals surface area contributed by atoms with Crippen LogP contribution in [0, 0.1) is 0 Å². The Morgan fingerprint density at radius 3 is 2.44 bits per heavy atom. The van der Waals surface area contributed by atoms with E-state index in [1.54, 1.807) is 37.4 Å². The molecule has 2 aromatic carbocycles. The van der Waals surface area contributed by atoms with E-state index in [2.05, 4.69) is 5.32 Å². The van der Waals surface area contributed by atoms with Crippen molar-refractivity contribution in [3.8, 4) is 11.5 Å². The molecule has 0 aliphatic carbocycles. The lowest BCUT2D eigenvalue weighted by molar-refractivity contribution is -0.120. The maximum absolute atomic E-state index is 12.5. The molecule has 8 heteroatoms. The van der Waals surface area contributed by atoms with Gasteiger partial charge in [0.25, 0.3) is 0 Å². The highest BCUT2D eigenvalue weighted by Crippen LogP contribution is 2.25. The zero-order valence-electron chi connectivity index (χ0n) is 15.8. The van der Waals surface area contributed by atoms with Gasteiger partial charge in [-0.2, -0.15) is 0 Å². The third-order valence-electron chi connectivity index (χ3n) is 4.01. The van der Waals surface area contributed by atoms with Crippen molar-refractivity contribution in [3.63, 3.8) is 0 Å². The third kappa shape index (κ3) is 5.37. The van der Waals surface area contributed by atoms with Crippen molar-refractivity contribution in [2.24, 2.45) is 0 Å². The van der Waals surface area contributed by atoms with Crippen LogP contribution in [0.3, 0.4) is 0 Å². The molecule has 1 N–H and O–H groups in total. The summed E-state index contributed by atoms with van der Waals surface area (Å²) in [5.74, 6) is 0.726. The molecule has 1 amide bonds. The Bertz CT molecular complexity index is 898. The van der Waals surface area contributed by atoms with Crippen molar-refractivity contribution in [3.05, 3.63) is 54.1 Å². The van der Waals surface area contributed by atoms with E-state index in [9.17, 15) is 13.2 Å². The van der Waals surface area contributed by atoms with Crippen molar-refractivity contribution >= 4 is 21.6 Å². The highest BCUT2D eigenvalue weighted by Gasteiger charge is 2.23. The molecular formula is C19H24N2O5S. The standard InChI is InChI=1S/C19H24N2O5S/c1-14(17-10-5-6-11-18(17)26-3)20-19(22)13-21(27(4,23)24)15-8-7-9-16(12-15)25-2/h5-12,14H,13H2,1-4H3,(H,20,22)/t14-/m0/s1. The number of benzene rings is 2. The van der Waals surface area contributed by atoms with Gasteiger partial charge >= 0.3 is 0 Å². The van der Waals surface area contributed by atoms with Gasteiger partial charge in [0.2, 0.25) is 15.9 Å². The average Bonchev–Trinajstić information content (AvgIpc) is 2.65. The van der Waals surface area contributed by atoms with Gasteiger partial charge in [-0.1, -0.05) is 24.3 Å². The number of methoxy groups -OCH3 is 2. The number of nitrogens with zero attached hydrogens (tertiary/aromatic N) is 1. The molecule has 0 saturated heterocycles. The van der Waals surface area contributed by atoms with Crippen LogP contribution in [0.2, 0.25) is 0 Å². The smallest absolute Gasteiger partial charge is 0.241 e. The van der Waals surface area contributed by atoms with Crippen molar-refractivity contribution in [1.29, 1.82) is 0 Å². The van der Waals surface area contributed by atoms with Crippen molar-refractivity contribution in [2.75, 3.05) is 31.3 Å². The van der Waals surface area contributed by atoms with Crippen LogP contribution in [0.5, 0.6) is 11.5 Å². The van der Waals surface area contributed by atoms with Gasteiger partial charge in [-0.3, -0.25) is 9.10 Å².